The molecule has 1 amide bonds. The van der Waals surface area contributed by atoms with Gasteiger partial charge in [-0.25, -0.2) is 0 Å². The van der Waals surface area contributed by atoms with Gasteiger partial charge in [0.05, 0.1) is 18.1 Å². The summed E-state index contributed by atoms with van der Waals surface area (Å²) in [7, 11) is 0. The second kappa shape index (κ2) is 9.37. The summed E-state index contributed by atoms with van der Waals surface area (Å²) in [6.45, 7) is 7.07. The van der Waals surface area contributed by atoms with Crippen molar-refractivity contribution in [1.29, 1.82) is 0 Å². The first-order valence-corrected chi connectivity index (χ1v) is 10.8. The molecule has 1 N–H and O–H groups in total. The van der Waals surface area contributed by atoms with Crippen molar-refractivity contribution >= 4 is 22.9 Å². The minimum Gasteiger partial charge on any atom is -0.379 e. The lowest BCUT2D eigenvalue weighted by Crippen LogP contribution is -2.41. The third kappa shape index (κ3) is 4.82. The second-order valence-corrected chi connectivity index (χ2v) is 8.07. The minimum atomic E-state index is 0.0150. The van der Waals surface area contributed by atoms with Crippen LogP contribution >= 0.6 is 11.3 Å². The maximum atomic E-state index is 12.4. The summed E-state index contributed by atoms with van der Waals surface area (Å²) in [5, 5.41) is 5.10. The van der Waals surface area contributed by atoms with Gasteiger partial charge in [0.25, 0.3) is 5.91 Å². The predicted octanol–water partition coefficient (Wildman–Crippen LogP) is 3.24. The van der Waals surface area contributed by atoms with Gasteiger partial charge in [0, 0.05) is 45.0 Å². The Hall–Kier alpha value is -2.15. The van der Waals surface area contributed by atoms with Crippen molar-refractivity contribution in [2.45, 2.75) is 6.42 Å². The molecule has 2 aliphatic heterocycles. The molecule has 0 atom stereocenters. The molecule has 3 heterocycles. The fourth-order valence-electron chi connectivity index (χ4n) is 3.59. The van der Waals surface area contributed by atoms with Crippen molar-refractivity contribution in [3.8, 4) is 11.1 Å². The van der Waals surface area contributed by atoms with Crippen molar-refractivity contribution < 1.29 is 9.53 Å². The average Bonchev–Trinajstić information content (AvgIpc) is 3.26. The van der Waals surface area contributed by atoms with E-state index in [4.69, 9.17) is 4.74 Å². The Kier molecular flexibility index (Phi) is 6.41. The maximum Gasteiger partial charge on any atom is 0.261 e. The van der Waals surface area contributed by atoms with Gasteiger partial charge >= 0.3 is 0 Å². The first-order chi connectivity index (χ1) is 13.8. The molecule has 4 rings (SSSR count). The van der Waals surface area contributed by atoms with Crippen molar-refractivity contribution in [2.75, 3.05) is 57.4 Å². The molecule has 1 aromatic carbocycles. The minimum absolute atomic E-state index is 0.0150. The highest BCUT2D eigenvalue weighted by atomic mass is 32.1. The monoisotopic (exact) mass is 397 g/mol. The third-order valence-corrected chi connectivity index (χ3v) is 6.19. The Labute approximate surface area is 170 Å². The lowest BCUT2D eigenvalue weighted by molar-refractivity contribution is 0.0383. The van der Waals surface area contributed by atoms with Crippen LogP contribution < -0.4 is 10.2 Å². The summed E-state index contributed by atoms with van der Waals surface area (Å²) in [4.78, 5) is 17.9. The summed E-state index contributed by atoms with van der Waals surface area (Å²) in [6.07, 6.45) is 5.57. The zero-order valence-electron chi connectivity index (χ0n) is 16.1. The maximum absolute atomic E-state index is 12.4. The molecule has 0 spiro atoms. The molecular weight excluding hydrogens is 370 g/mol. The van der Waals surface area contributed by atoms with Crippen molar-refractivity contribution in [3.63, 3.8) is 0 Å². The van der Waals surface area contributed by atoms with Crippen molar-refractivity contribution in [2.24, 2.45) is 0 Å². The van der Waals surface area contributed by atoms with E-state index in [1.54, 1.807) is 0 Å². The summed E-state index contributed by atoms with van der Waals surface area (Å²) >= 11 is 1.51. The summed E-state index contributed by atoms with van der Waals surface area (Å²) in [6, 6.07) is 10.6. The summed E-state index contributed by atoms with van der Waals surface area (Å²) in [5.74, 6) is 0.0150. The lowest BCUT2D eigenvalue weighted by atomic mass is 10.1. The van der Waals surface area contributed by atoms with Gasteiger partial charge in [-0.3, -0.25) is 9.69 Å². The van der Waals surface area contributed by atoms with E-state index in [1.165, 1.54) is 17.0 Å². The van der Waals surface area contributed by atoms with Gasteiger partial charge in [-0.05, 0) is 41.1 Å². The number of nitrogens with zero attached hydrogens (tertiary/aromatic N) is 2. The predicted molar refractivity (Wildman–Crippen MR) is 115 cm³/mol. The van der Waals surface area contributed by atoms with Crippen LogP contribution in [0, 0.1) is 0 Å². The van der Waals surface area contributed by atoms with Gasteiger partial charge < -0.3 is 15.0 Å². The number of amides is 1. The highest BCUT2D eigenvalue weighted by molar-refractivity contribution is 7.12. The lowest BCUT2D eigenvalue weighted by Gasteiger charge is -2.26. The first-order valence-electron chi connectivity index (χ1n) is 9.97. The number of hydrogen-bond donors (Lipinski definition) is 1. The van der Waals surface area contributed by atoms with Gasteiger partial charge in [-0.15, -0.1) is 11.3 Å². The van der Waals surface area contributed by atoms with Gasteiger partial charge in [0.1, 0.15) is 0 Å². The van der Waals surface area contributed by atoms with E-state index in [2.05, 4.69) is 56.9 Å². The van der Waals surface area contributed by atoms with Crippen LogP contribution in [0.3, 0.4) is 0 Å². The molecule has 1 fully saturated rings. The Balaban J connectivity index is 1.31. The number of ether oxygens (including phenoxy) is 1. The summed E-state index contributed by atoms with van der Waals surface area (Å²) in [5.41, 5.74) is 3.51. The van der Waals surface area contributed by atoms with E-state index in [0.29, 0.717) is 6.54 Å². The molecule has 5 nitrogen and oxygen atoms in total. The van der Waals surface area contributed by atoms with Gasteiger partial charge in [-0.1, -0.05) is 24.3 Å². The molecule has 0 bridgehead atoms. The SMILES string of the molecule is O=C(NCCN1CCOCC1)c1cc(-c2ccc(N3CC=CCC3)cc2)cs1. The number of rotatable bonds is 6. The number of thiophene rings is 1. The van der Waals surface area contributed by atoms with Crippen LogP contribution in [0.2, 0.25) is 0 Å². The van der Waals surface area contributed by atoms with Gasteiger partial charge in [-0.2, -0.15) is 0 Å². The van der Waals surface area contributed by atoms with E-state index in [0.717, 1.165) is 68.4 Å². The molecule has 6 heteroatoms. The number of carbonyl (C=O) groups is 1. The molecule has 148 valence electrons. The smallest absolute Gasteiger partial charge is 0.261 e. The normalized spacial score (nSPS) is 17.6. The molecule has 2 aliphatic rings. The van der Waals surface area contributed by atoms with E-state index in [-0.39, 0.29) is 5.91 Å². The topological polar surface area (TPSA) is 44.8 Å². The first kappa shape index (κ1) is 19.2. The second-order valence-electron chi connectivity index (χ2n) is 7.16. The van der Waals surface area contributed by atoms with E-state index < -0.39 is 0 Å². The number of hydrogen-bond acceptors (Lipinski definition) is 5. The average molecular weight is 398 g/mol. The number of benzene rings is 1. The Morgan fingerprint density at radius 2 is 1.89 bits per heavy atom. The zero-order chi connectivity index (χ0) is 19.2. The molecule has 1 saturated heterocycles. The van der Waals surface area contributed by atoms with Crippen LogP contribution in [0.4, 0.5) is 5.69 Å². The molecule has 1 aromatic heterocycles. The molecule has 0 saturated carbocycles. The van der Waals surface area contributed by atoms with E-state index in [9.17, 15) is 4.79 Å². The molecular formula is C22H27N3O2S. The molecule has 2 aromatic rings. The summed E-state index contributed by atoms with van der Waals surface area (Å²) < 4.78 is 5.35. The van der Waals surface area contributed by atoms with Crippen LogP contribution in [0.15, 0.2) is 47.9 Å². The number of morpholine rings is 1. The zero-order valence-corrected chi connectivity index (χ0v) is 16.9. The molecule has 0 radical (unpaired) electrons. The van der Waals surface area contributed by atoms with Crippen LogP contribution in [0.5, 0.6) is 0 Å². The van der Waals surface area contributed by atoms with Crippen molar-refractivity contribution in [1.82, 2.24) is 10.2 Å². The molecule has 0 unspecified atom stereocenters. The molecule has 28 heavy (non-hydrogen) atoms. The fraction of sp³-hybridized carbons (Fsp3) is 0.409. The van der Waals surface area contributed by atoms with E-state index in [1.807, 2.05) is 6.07 Å². The van der Waals surface area contributed by atoms with Crippen LogP contribution in [-0.2, 0) is 4.74 Å². The van der Waals surface area contributed by atoms with Crippen LogP contribution in [-0.4, -0.2) is 63.3 Å². The third-order valence-electron chi connectivity index (χ3n) is 5.26. The fourth-order valence-corrected chi connectivity index (χ4v) is 4.42. The van der Waals surface area contributed by atoms with Crippen LogP contribution in [0.25, 0.3) is 11.1 Å². The Morgan fingerprint density at radius 3 is 2.64 bits per heavy atom. The standard InChI is InChI=1S/C22H27N3O2S/c26-22(23-8-11-24-12-14-27-15-13-24)21-16-19(17-28-21)18-4-6-20(7-5-18)25-9-2-1-3-10-25/h1-2,4-7,16-17H,3,8-15H2,(H,23,26). The van der Waals surface area contributed by atoms with Gasteiger partial charge in [0.15, 0.2) is 0 Å². The number of nitrogens with one attached hydrogen (secondary N) is 1. The van der Waals surface area contributed by atoms with Crippen molar-refractivity contribution in [3.05, 3.63) is 52.7 Å². The van der Waals surface area contributed by atoms with E-state index >= 15 is 0 Å². The Bertz CT molecular complexity index is 809. The van der Waals surface area contributed by atoms with Crippen LogP contribution in [0.1, 0.15) is 16.1 Å². The number of carbonyl (C=O) groups excluding carboxylic acids is 1. The number of anilines is 1. The highest BCUT2D eigenvalue weighted by Gasteiger charge is 2.13. The quantitative estimate of drug-likeness (QED) is 0.760. The molecule has 0 aliphatic carbocycles. The largest absolute Gasteiger partial charge is 0.379 e. The van der Waals surface area contributed by atoms with Gasteiger partial charge in [0.2, 0.25) is 0 Å². The highest BCUT2D eigenvalue weighted by Crippen LogP contribution is 2.28. The Morgan fingerprint density at radius 1 is 1.07 bits per heavy atom.